The molecule has 0 aromatic carbocycles. The van der Waals surface area contributed by atoms with Crippen molar-refractivity contribution < 1.29 is 0 Å². The second-order valence-corrected chi connectivity index (χ2v) is 4.78. The molecule has 0 atom stereocenters. The van der Waals surface area contributed by atoms with Gasteiger partial charge in [0.25, 0.3) is 0 Å². The van der Waals surface area contributed by atoms with Gasteiger partial charge in [-0.3, -0.25) is 4.98 Å². The molecule has 4 rings (SSSR count). The number of anilines is 1. The largest absolute Gasteiger partial charge is 0.371 e. The summed E-state index contributed by atoms with van der Waals surface area (Å²) < 4.78 is 0. The molecule has 1 aliphatic heterocycles. The van der Waals surface area contributed by atoms with Crippen LogP contribution in [0.1, 0.15) is 12.8 Å². The van der Waals surface area contributed by atoms with Gasteiger partial charge in [-0.2, -0.15) is 0 Å². The van der Waals surface area contributed by atoms with Gasteiger partial charge in [-0.25, -0.2) is 4.98 Å². The Kier molecular flexibility index (Phi) is 2.03. The topological polar surface area (TPSA) is 44.8 Å². The fraction of sp³-hybridized carbons (Fsp3) is 0.286. The van der Waals surface area contributed by atoms with Crippen molar-refractivity contribution in [1.29, 1.82) is 0 Å². The zero-order valence-electron chi connectivity index (χ0n) is 10.1. The Morgan fingerprint density at radius 2 is 2.00 bits per heavy atom. The van der Waals surface area contributed by atoms with Gasteiger partial charge >= 0.3 is 0 Å². The molecule has 0 unspecified atom stereocenters. The first kappa shape index (κ1) is 9.88. The molecule has 18 heavy (non-hydrogen) atoms. The molecule has 3 aromatic rings. The molecule has 4 nitrogen and oxygen atoms in total. The summed E-state index contributed by atoms with van der Waals surface area (Å²) in [6.07, 6.45) is 8.25. The molecule has 0 saturated carbocycles. The van der Waals surface area contributed by atoms with Crippen LogP contribution in [0.5, 0.6) is 0 Å². The zero-order chi connectivity index (χ0) is 11.9. The normalized spacial score (nSPS) is 15.9. The lowest BCUT2D eigenvalue weighted by Gasteiger charge is -2.19. The van der Waals surface area contributed by atoms with E-state index in [4.69, 9.17) is 0 Å². The van der Waals surface area contributed by atoms with E-state index in [9.17, 15) is 0 Å². The highest BCUT2D eigenvalue weighted by Gasteiger charge is 2.17. The van der Waals surface area contributed by atoms with Gasteiger partial charge in [0.2, 0.25) is 0 Å². The summed E-state index contributed by atoms with van der Waals surface area (Å²) in [6.45, 7) is 2.29. The van der Waals surface area contributed by atoms with Gasteiger partial charge in [0.05, 0.1) is 11.7 Å². The van der Waals surface area contributed by atoms with Crippen molar-refractivity contribution in [2.75, 3.05) is 18.0 Å². The fourth-order valence-electron chi connectivity index (χ4n) is 2.86. The summed E-state index contributed by atoms with van der Waals surface area (Å²) in [4.78, 5) is 14.5. The monoisotopic (exact) mass is 238 g/mol. The minimum Gasteiger partial charge on any atom is -0.371 e. The Labute approximate surface area is 105 Å². The molecule has 90 valence electrons. The van der Waals surface area contributed by atoms with Crippen LogP contribution in [0.25, 0.3) is 21.9 Å². The van der Waals surface area contributed by atoms with Crippen molar-refractivity contribution in [1.82, 2.24) is 15.0 Å². The number of pyridine rings is 2. The molecule has 0 radical (unpaired) electrons. The predicted molar refractivity (Wildman–Crippen MR) is 72.8 cm³/mol. The van der Waals surface area contributed by atoms with Gasteiger partial charge in [0, 0.05) is 41.9 Å². The third kappa shape index (κ3) is 1.32. The number of hydrogen-bond donors (Lipinski definition) is 1. The van der Waals surface area contributed by atoms with Crippen molar-refractivity contribution >= 4 is 27.6 Å². The molecule has 1 N–H and O–H groups in total. The van der Waals surface area contributed by atoms with Crippen molar-refractivity contribution in [3.05, 3.63) is 30.7 Å². The van der Waals surface area contributed by atoms with E-state index in [2.05, 4.69) is 32.0 Å². The Morgan fingerprint density at radius 3 is 2.89 bits per heavy atom. The molecule has 1 aliphatic rings. The molecular weight excluding hydrogens is 224 g/mol. The number of nitrogens with one attached hydrogen (secondary N) is 1. The summed E-state index contributed by atoms with van der Waals surface area (Å²) in [7, 11) is 0. The van der Waals surface area contributed by atoms with Crippen LogP contribution in [0.2, 0.25) is 0 Å². The molecule has 3 aromatic heterocycles. The third-order valence-electron chi connectivity index (χ3n) is 3.72. The summed E-state index contributed by atoms with van der Waals surface area (Å²) >= 11 is 0. The number of fused-ring (bicyclic) bond motifs is 3. The van der Waals surface area contributed by atoms with Crippen LogP contribution in [0, 0.1) is 0 Å². The molecular formula is C14H14N4. The Hall–Kier alpha value is -2.10. The van der Waals surface area contributed by atoms with E-state index in [1.807, 2.05) is 18.6 Å². The highest BCUT2D eigenvalue weighted by Crippen LogP contribution is 2.32. The molecule has 0 aliphatic carbocycles. The maximum absolute atomic E-state index is 4.44. The minimum absolute atomic E-state index is 0.941. The van der Waals surface area contributed by atoms with Gasteiger partial charge in [0.15, 0.2) is 0 Å². The molecule has 0 amide bonds. The first-order chi connectivity index (χ1) is 8.93. The van der Waals surface area contributed by atoms with Crippen molar-refractivity contribution in [2.45, 2.75) is 12.8 Å². The Morgan fingerprint density at radius 1 is 1.11 bits per heavy atom. The summed E-state index contributed by atoms with van der Waals surface area (Å²) in [5, 5.41) is 2.40. The number of aromatic amines is 1. The molecule has 4 heteroatoms. The van der Waals surface area contributed by atoms with Crippen molar-refractivity contribution in [2.24, 2.45) is 0 Å². The Balaban J connectivity index is 2.08. The number of aromatic nitrogens is 3. The highest BCUT2D eigenvalue weighted by atomic mass is 15.1. The Bertz CT molecular complexity index is 710. The van der Waals surface area contributed by atoms with Gasteiger partial charge in [0.1, 0.15) is 5.65 Å². The van der Waals surface area contributed by atoms with Crippen molar-refractivity contribution in [3.63, 3.8) is 0 Å². The first-order valence-corrected chi connectivity index (χ1v) is 6.39. The van der Waals surface area contributed by atoms with E-state index in [-0.39, 0.29) is 0 Å². The van der Waals surface area contributed by atoms with Crippen LogP contribution in [0.3, 0.4) is 0 Å². The molecule has 0 spiro atoms. The van der Waals surface area contributed by atoms with Gasteiger partial charge < -0.3 is 9.88 Å². The van der Waals surface area contributed by atoms with Gasteiger partial charge in [-0.05, 0) is 25.0 Å². The minimum atomic E-state index is 0.941. The second-order valence-electron chi connectivity index (χ2n) is 4.78. The predicted octanol–water partition coefficient (Wildman–Crippen LogP) is 2.71. The second kappa shape index (κ2) is 3.70. The third-order valence-corrected chi connectivity index (χ3v) is 3.72. The lowest BCUT2D eigenvalue weighted by atomic mass is 10.1. The maximum Gasteiger partial charge on any atom is 0.138 e. The van der Waals surface area contributed by atoms with Gasteiger partial charge in [-0.15, -0.1) is 0 Å². The van der Waals surface area contributed by atoms with E-state index in [0.29, 0.717) is 0 Å². The first-order valence-electron chi connectivity index (χ1n) is 6.39. The van der Waals surface area contributed by atoms with E-state index in [0.717, 1.165) is 24.3 Å². The quantitative estimate of drug-likeness (QED) is 0.709. The molecule has 1 saturated heterocycles. The number of rotatable bonds is 1. The van der Waals surface area contributed by atoms with E-state index >= 15 is 0 Å². The summed E-state index contributed by atoms with van der Waals surface area (Å²) in [5.74, 6) is 0. The van der Waals surface area contributed by atoms with Crippen LogP contribution in [-0.4, -0.2) is 28.0 Å². The maximum atomic E-state index is 4.44. The lowest BCUT2D eigenvalue weighted by Crippen LogP contribution is -2.18. The smallest absolute Gasteiger partial charge is 0.138 e. The SMILES string of the molecule is c1cc(N2CCCC2)c2c(cnc3[nH]ccc32)n1. The van der Waals surface area contributed by atoms with Crippen LogP contribution in [0.4, 0.5) is 5.69 Å². The van der Waals surface area contributed by atoms with Crippen LogP contribution < -0.4 is 4.90 Å². The number of H-pyrrole nitrogens is 1. The van der Waals surface area contributed by atoms with Crippen LogP contribution >= 0.6 is 0 Å². The van der Waals surface area contributed by atoms with E-state index < -0.39 is 0 Å². The number of hydrogen-bond acceptors (Lipinski definition) is 3. The van der Waals surface area contributed by atoms with Crippen LogP contribution in [-0.2, 0) is 0 Å². The zero-order valence-corrected chi connectivity index (χ0v) is 10.1. The van der Waals surface area contributed by atoms with Gasteiger partial charge in [-0.1, -0.05) is 0 Å². The standard InChI is InChI=1S/C14H14N4/c1-2-8-18(7-1)12-4-6-15-11-9-17-14-10(13(11)12)3-5-16-14/h3-6,9H,1-2,7-8H2,(H,16,17). The lowest BCUT2D eigenvalue weighted by molar-refractivity contribution is 0.949. The average Bonchev–Trinajstić information content (AvgIpc) is 3.09. The van der Waals surface area contributed by atoms with E-state index in [1.165, 1.54) is 29.3 Å². The summed E-state index contributed by atoms with van der Waals surface area (Å²) in [6, 6.07) is 4.21. The average molecular weight is 238 g/mol. The highest BCUT2D eigenvalue weighted by molar-refractivity contribution is 6.09. The van der Waals surface area contributed by atoms with E-state index in [1.54, 1.807) is 0 Å². The van der Waals surface area contributed by atoms with Crippen LogP contribution in [0.15, 0.2) is 30.7 Å². The van der Waals surface area contributed by atoms with Crippen molar-refractivity contribution in [3.8, 4) is 0 Å². The molecule has 1 fully saturated rings. The molecule has 4 heterocycles. The fourth-order valence-corrected chi connectivity index (χ4v) is 2.86. The summed E-state index contributed by atoms with van der Waals surface area (Å²) in [5.41, 5.74) is 3.21. The molecule has 0 bridgehead atoms. The number of nitrogens with zero attached hydrogens (tertiary/aromatic N) is 3.